The summed E-state index contributed by atoms with van der Waals surface area (Å²) < 4.78 is 46.9. The molecule has 0 radical (unpaired) electrons. The summed E-state index contributed by atoms with van der Waals surface area (Å²) >= 11 is 0. The number of nitrogens with zero attached hydrogens (tertiary/aromatic N) is 1. The minimum atomic E-state index is -4.63. The van der Waals surface area contributed by atoms with E-state index < -0.39 is 23.5 Å². The topological polar surface area (TPSA) is 80.3 Å². The van der Waals surface area contributed by atoms with Crippen LogP contribution in [0.1, 0.15) is 76.0 Å². The first-order valence-corrected chi connectivity index (χ1v) is 12.4. The van der Waals surface area contributed by atoms with Crippen molar-refractivity contribution in [2.45, 2.75) is 89.8 Å². The second-order valence-corrected chi connectivity index (χ2v) is 9.48. The third-order valence-electron chi connectivity index (χ3n) is 6.95. The van der Waals surface area contributed by atoms with Crippen molar-refractivity contribution in [1.82, 2.24) is 10.3 Å². The minimum absolute atomic E-state index is 0.160. The van der Waals surface area contributed by atoms with Crippen molar-refractivity contribution in [2.75, 3.05) is 25.1 Å². The standard InChI is InChI=1S/C25H36F3N3O3/c1-18(32)21(31-23(33)24(25(26,27)28)13-4-2-5-14-24)12-17-34-16-6-3-9-20-11-10-19-8-7-15-29-22(19)30-20/h10-11,21H,2-9,12-17H2,1H3,(H,29,30)(H,31,33). The van der Waals surface area contributed by atoms with Crippen LogP contribution in [0, 0.1) is 5.41 Å². The van der Waals surface area contributed by atoms with E-state index in [0.29, 0.717) is 25.9 Å². The van der Waals surface area contributed by atoms with Gasteiger partial charge in [-0.05, 0) is 69.9 Å². The Morgan fingerprint density at radius 2 is 1.91 bits per heavy atom. The average molecular weight is 484 g/mol. The number of rotatable bonds is 11. The molecule has 0 aromatic carbocycles. The van der Waals surface area contributed by atoms with Gasteiger partial charge in [0.05, 0.1) is 6.04 Å². The molecule has 1 atom stereocenters. The van der Waals surface area contributed by atoms with Gasteiger partial charge in [-0.3, -0.25) is 9.59 Å². The lowest BCUT2D eigenvalue weighted by molar-refractivity contribution is -0.230. The Hall–Kier alpha value is -2.16. The summed E-state index contributed by atoms with van der Waals surface area (Å²) in [4.78, 5) is 29.3. The summed E-state index contributed by atoms with van der Waals surface area (Å²) in [6.07, 6.45) is 1.22. The van der Waals surface area contributed by atoms with Gasteiger partial charge in [0.25, 0.3) is 0 Å². The molecule has 2 N–H and O–H groups in total. The molecule has 0 spiro atoms. The highest BCUT2D eigenvalue weighted by Crippen LogP contribution is 2.49. The fourth-order valence-corrected chi connectivity index (χ4v) is 4.79. The van der Waals surface area contributed by atoms with E-state index in [9.17, 15) is 22.8 Å². The smallest absolute Gasteiger partial charge is 0.381 e. The average Bonchev–Trinajstić information content (AvgIpc) is 2.82. The van der Waals surface area contributed by atoms with Crippen molar-refractivity contribution in [3.63, 3.8) is 0 Å². The molecular formula is C25H36F3N3O3. The molecule has 2 heterocycles. The van der Waals surface area contributed by atoms with E-state index in [1.165, 1.54) is 12.5 Å². The fourth-order valence-electron chi connectivity index (χ4n) is 4.79. The molecule has 3 rings (SSSR count). The molecule has 1 aromatic rings. The first kappa shape index (κ1) is 26.4. The number of unbranched alkanes of at least 4 members (excludes halogenated alkanes) is 1. The number of fused-ring (bicyclic) bond motifs is 1. The molecule has 6 nitrogen and oxygen atoms in total. The Morgan fingerprint density at radius 3 is 2.62 bits per heavy atom. The Morgan fingerprint density at radius 1 is 1.15 bits per heavy atom. The van der Waals surface area contributed by atoms with Gasteiger partial charge in [0.15, 0.2) is 5.78 Å². The minimum Gasteiger partial charge on any atom is -0.381 e. The van der Waals surface area contributed by atoms with Crippen LogP contribution >= 0.6 is 0 Å². The summed E-state index contributed by atoms with van der Waals surface area (Å²) in [5, 5.41) is 5.71. The highest BCUT2D eigenvalue weighted by atomic mass is 19.4. The number of pyridine rings is 1. The van der Waals surface area contributed by atoms with E-state index in [4.69, 9.17) is 4.74 Å². The predicted octanol–water partition coefficient (Wildman–Crippen LogP) is 4.76. The second-order valence-electron chi connectivity index (χ2n) is 9.48. The van der Waals surface area contributed by atoms with Crippen molar-refractivity contribution in [3.05, 3.63) is 23.4 Å². The van der Waals surface area contributed by atoms with E-state index >= 15 is 0 Å². The van der Waals surface area contributed by atoms with Crippen LogP contribution in [-0.2, 0) is 27.2 Å². The number of nitrogens with one attached hydrogen (secondary N) is 2. The molecule has 1 aromatic heterocycles. The van der Waals surface area contributed by atoms with Crippen LogP contribution in [0.5, 0.6) is 0 Å². The normalized spacial score (nSPS) is 18.5. The highest BCUT2D eigenvalue weighted by Gasteiger charge is 2.60. The molecule has 1 amide bonds. The third kappa shape index (κ3) is 6.71. The van der Waals surface area contributed by atoms with E-state index in [-0.39, 0.29) is 31.7 Å². The molecule has 9 heteroatoms. The van der Waals surface area contributed by atoms with Gasteiger partial charge in [-0.2, -0.15) is 13.2 Å². The number of amides is 1. The molecule has 0 saturated heterocycles. The van der Waals surface area contributed by atoms with Crippen molar-refractivity contribution < 1.29 is 27.5 Å². The van der Waals surface area contributed by atoms with E-state index in [2.05, 4.69) is 27.8 Å². The van der Waals surface area contributed by atoms with Crippen LogP contribution in [0.4, 0.5) is 19.0 Å². The maximum atomic E-state index is 13.8. The Labute approximate surface area is 199 Å². The lowest BCUT2D eigenvalue weighted by atomic mass is 9.72. The molecule has 190 valence electrons. The maximum absolute atomic E-state index is 13.8. The second kappa shape index (κ2) is 12.0. The molecule has 1 saturated carbocycles. The molecule has 1 fully saturated rings. The van der Waals surface area contributed by atoms with E-state index in [1.54, 1.807) is 0 Å². The zero-order valence-corrected chi connectivity index (χ0v) is 19.9. The quantitative estimate of drug-likeness (QED) is 0.444. The summed E-state index contributed by atoms with van der Waals surface area (Å²) in [5.74, 6) is -0.457. The van der Waals surface area contributed by atoms with Crippen molar-refractivity contribution in [2.24, 2.45) is 5.41 Å². The first-order chi connectivity index (χ1) is 16.2. The lowest BCUT2D eigenvalue weighted by Crippen LogP contribution is -2.55. The molecule has 2 aliphatic rings. The number of ketones is 1. The van der Waals surface area contributed by atoms with Gasteiger partial charge in [-0.15, -0.1) is 0 Å². The lowest BCUT2D eigenvalue weighted by Gasteiger charge is -2.38. The largest absolute Gasteiger partial charge is 0.403 e. The van der Waals surface area contributed by atoms with E-state index in [0.717, 1.165) is 50.2 Å². The summed E-state index contributed by atoms with van der Waals surface area (Å²) in [6, 6.07) is 3.22. The van der Waals surface area contributed by atoms with Crippen molar-refractivity contribution in [1.29, 1.82) is 0 Å². The number of carbonyl (C=O) groups excluding carboxylic acids is 2. The van der Waals surface area contributed by atoms with Crippen LogP contribution in [-0.4, -0.2) is 48.7 Å². The summed E-state index contributed by atoms with van der Waals surface area (Å²) in [7, 11) is 0. The number of hydrogen-bond acceptors (Lipinski definition) is 5. The maximum Gasteiger partial charge on any atom is 0.403 e. The molecule has 34 heavy (non-hydrogen) atoms. The zero-order valence-electron chi connectivity index (χ0n) is 19.9. The van der Waals surface area contributed by atoms with Crippen LogP contribution in [0.25, 0.3) is 0 Å². The number of Topliss-reactive ketones (excluding diaryl/α,β-unsaturated/α-hetero) is 1. The van der Waals surface area contributed by atoms with E-state index in [1.807, 2.05) is 0 Å². The highest BCUT2D eigenvalue weighted by molar-refractivity contribution is 5.90. The van der Waals surface area contributed by atoms with Gasteiger partial charge < -0.3 is 15.4 Å². The van der Waals surface area contributed by atoms with Crippen LogP contribution in [0.2, 0.25) is 0 Å². The van der Waals surface area contributed by atoms with Gasteiger partial charge in [-0.25, -0.2) is 4.98 Å². The SMILES string of the molecule is CC(=O)C(CCOCCCCc1ccc2c(n1)NCCC2)NC(=O)C1(C(F)(F)F)CCCCC1. The first-order valence-electron chi connectivity index (χ1n) is 12.4. The van der Waals surface area contributed by atoms with Crippen LogP contribution in [0.15, 0.2) is 12.1 Å². The number of ether oxygens (including phenoxy) is 1. The number of anilines is 1. The number of aromatic nitrogens is 1. The zero-order chi connectivity index (χ0) is 24.6. The van der Waals surface area contributed by atoms with Gasteiger partial charge >= 0.3 is 6.18 Å². The van der Waals surface area contributed by atoms with Crippen molar-refractivity contribution in [3.8, 4) is 0 Å². The predicted molar refractivity (Wildman–Crippen MR) is 124 cm³/mol. The molecule has 1 aliphatic heterocycles. The van der Waals surface area contributed by atoms with Crippen molar-refractivity contribution >= 4 is 17.5 Å². The molecule has 1 unspecified atom stereocenters. The Bertz CT molecular complexity index is 838. The molecule has 0 bridgehead atoms. The molecule has 1 aliphatic carbocycles. The fraction of sp³-hybridized carbons (Fsp3) is 0.720. The summed E-state index contributed by atoms with van der Waals surface area (Å²) in [6.45, 7) is 2.92. The van der Waals surface area contributed by atoms with Gasteiger partial charge in [0.2, 0.25) is 5.91 Å². The Kier molecular flexibility index (Phi) is 9.33. The summed E-state index contributed by atoms with van der Waals surface area (Å²) in [5.41, 5.74) is -0.0936. The van der Waals surface area contributed by atoms with Crippen LogP contribution < -0.4 is 10.6 Å². The number of carbonyl (C=O) groups is 2. The van der Waals surface area contributed by atoms with Crippen LogP contribution in [0.3, 0.4) is 0 Å². The molecular weight excluding hydrogens is 447 g/mol. The Balaban J connectivity index is 1.38. The number of hydrogen-bond donors (Lipinski definition) is 2. The monoisotopic (exact) mass is 483 g/mol. The van der Waals surface area contributed by atoms with Gasteiger partial charge in [0.1, 0.15) is 11.2 Å². The number of alkyl halides is 3. The van der Waals surface area contributed by atoms with Gasteiger partial charge in [0, 0.05) is 25.5 Å². The number of aryl methyl sites for hydroxylation is 2. The van der Waals surface area contributed by atoms with Gasteiger partial charge in [-0.1, -0.05) is 25.3 Å². The third-order valence-corrected chi connectivity index (χ3v) is 6.95. The number of halogens is 3.